The van der Waals surface area contributed by atoms with E-state index in [-0.39, 0.29) is 5.91 Å². The van der Waals surface area contributed by atoms with Gasteiger partial charge >= 0.3 is 0 Å². The number of hydrogen-bond acceptors (Lipinski definition) is 4. The molecule has 6 heteroatoms. The summed E-state index contributed by atoms with van der Waals surface area (Å²) in [5, 5.41) is 7.81. The smallest absolute Gasteiger partial charge is 0.223 e. The van der Waals surface area contributed by atoms with E-state index in [2.05, 4.69) is 20.2 Å². The molecule has 0 saturated heterocycles. The molecule has 0 bridgehead atoms. The van der Waals surface area contributed by atoms with Gasteiger partial charge in [-0.3, -0.25) is 19.9 Å². The fraction of sp³-hybridized carbons (Fsp3) is 0.619. The average molecular weight is 367 g/mol. The van der Waals surface area contributed by atoms with E-state index in [1.807, 2.05) is 4.90 Å². The Labute approximate surface area is 160 Å². The maximum atomic E-state index is 12.7. The Hall–Kier alpha value is -2.24. The summed E-state index contributed by atoms with van der Waals surface area (Å²) >= 11 is 0. The second kappa shape index (κ2) is 8.63. The Kier molecular flexibility index (Phi) is 5.80. The lowest BCUT2D eigenvalue weighted by Gasteiger charge is -2.27. The molecule has 2 aromatic heterocycles. The van der Waals surface area contributed by atoms with Gasteiger partial charge in [0, 0.05) is 55.8 Å². The normalized spacial score (nSPS) is 17.7. The van der Waals surface area contributed by atoms with E-state index in [9.17, 15) is 4.79 Å². The predicted molar refractivity (Wildman–Crippen MR) is 103 cm³/mol. The summed E-state index contributed by atoms with van der Waals surface area (Å²) in [5.41, 5.74) is 4.55. The second-order valence-electron chi connectivity index (χ2n) is 7.93. The molecule has 0 unspecified atom stereocenters. The molecule has 0 aromatic carbocycles. The third-order valence-electron chi connectivity index (χ3n) is 6.10. The second-order valence-corrected chi connectivity index (χ2v) is 7.93. The molecule has 1 fully saturated rings. The van der Waals surface area contributed by atoms with Gasteiger partial charge in [0.05, 0.1) is 11.4 Å². The van der Waals surface area contributed by atoms with Gasteiger partial charge in [-0.15, -0.1) is 0 Å². The molecule has 1 N–H and O–H groups in total. The highest BCUT2D eigenvalue weighted by atomic mass is 16.2. The standard InChI is InChI=1S/C21H29N5O/c27-21(9-7-17-14-22-11-12-23-17)26-13-10-20-18(15-26)19(24-25-20)8-6-16-4-2-1-3-5-16/h11-12,14,16H,1-10,13,15H2,(H,24,25). The SMILES string of the molecule is O=C(CCc1cnccn1)N1CCc2[nH]nc(CCC3CCCCC3)c2C1. The molecule has 6 nitrogen and oxygen atoms in total. The summed E-state index contributed by atoms with van der Waals surface area (Å²) in [6, 6.07) is 0. The number of carbonyl (C=O) groups excluding carboxylic acids is 1. The van der Waals surface area contributed by atoms with Crippen LogP contribution in [0.3, 0.4) is 0 Å². The van der Waals surface area contributed by atoms with Crippen LogP contribution in [-0.4, -0.2) is 37.5 Å². The van der Waals surface area contributed by atoms with E-state index >= 15 is 0 Å². The number of aryl methyl sites for hydroxylation is 2. The van der Waals surface area contributed by atoms with E-state index in [1.165, 1.54) is 55.5 Å². The molecule has 27 heavy (non-hydrogen) atoms. The van der Waals surface area contributed by atoms with Gasteiger partial charge in [0.15, 0.2) is 0 Å². The van der Waals surface area contributed by atoms with Gasteiger partial charge in [0.25, 0.3) is 0 Å². The third-order valence-corrected chi connectivity index (χ3v) is 6.10. The summed E-state index contributed by atoms with van der Waals surface area (Å²) in [6.45, 7) is 1.47. The Morgan fingerprint density at radius 2 is 2.07 bits per heavy atom. The molecule has 3 heterocycles. The first-order valence-electron chi connectivity index (χ1n) is 10.4. The van der Waals surface area contributed by atoms with Gasteiger partial charge in [0.2, 0.25) is 5.91 Å². The quantitative estimate of drug-likeness (QED) is 0.850. The molecule has 1 aliphatic carbocycles. The summed E-state index contributed by atoms with van der Waals surface area (Å²) in [5.74, 6) is 1.06. The van der Waals surface area contributed by atoms with Crippen LogP contribution in [0.4, 0.5) is 0 Å². The number of aromatic amines is 1. The van der Waals surface area contributed by atoms with Gasteiger partial charge in [-0.2, -0.15) is 5.10 Å². The first-order chi connectivity index (χ1) is 13.3. The summed E-state index contributed by atoms with van der Waals surface area (Å²) < 4.78 is 0. The van der Waals surface area contributed by atoms with Crippen LogP contribution in [0.5, 0.6) is 0 Å². The number of rotatable bonds is 6. The minimum absolute atomic E-state index is 0.200. The number of carbonyl (C=O) groups is 1. The minimum Gasteiger partial charge on any atom is -0.338 e. The van der Waals surface area contributed by atoms with Crippen molar-refractivity contribution in [3.05, 3.63) is 41.2 Å². The van der Waals surface area contributed by atoms with Crippen LogP contribution in [0.15, 0.2) is 18.6 Å². The van der Waals surface area contributed by atoms with Gasteiger partial charge < -0.3 is 4.90 Å². The first kappa shape index (κ1) is 18.1. The molecule has 2 aliphatic rings. The van der Waals surface area contributed by atoms with Gasteiger partial charge in [0.1, 0.15) is 0 Å². The summed E-state index contributed by atoms with van der Waals surface area (Å²) in [6.07, 6.45) is 16.3. The summed E-state index contributed by atoms with van der Waals surface area (Å²) in [7, 11) is 0. The topological polar surface area (TPSA) is 74.8 Å². The van der Waals surface area contributed by atoms with Crippen LogP contribution >= 0.6 is 0 Å². The molecule has 4 rings (SSSR count). The van der Waals surface area contributed by atoms with E-state index < -0.39 is 0 Å². The van der Waals surface area contributed by atoms with Crippen LogP contribution in [0.1, 0.15) is 67.6 Å². The van der Waals surface area contributed by atoms with E-state index in [0.29, 0.717) is 19.4 Å². The van der Waals surface area contributed by atoms with Crippen LogP contribution < -0.4 is 0 Å². The molecule has 0 spiro atoms. The van der Waals surface area contributed by atoms with Gasteiger partial charge in [-0.1, -0.05) is 32.1 Å². The molecule has 144 valence electrons. The first-order valence-corrected chi connectivity index (χ1v) is 10.4. The zero-order valence-electron chi connectivity index (χ0n) is 16.0. The number of amides is 1. The number of fused-ring (bicyclic) bond motifs is 1. The fourth-order valence-electron chi connectivity index (χ4n) is 4.44. The molecular weight excluding hydrogens is 338 g/mol. The van der Waals surface area contributed by atoms with Crippen molar-refractivity contribution in [2.45, 2.75) is 70.8 Å². The van der Waals surface area contributed by atoms with E-state index in [1.54, 1.807) is 18.6 Å². The van der Waals surface area contributed by atoms with Crippen molar-refractivity contribution in [2.24, 2.45) is 5.92 Å². The molecule has 0 atom stereocenters. The molecule has 1 amide bonds. The highest BCUT2D eigenvalue weighted by molar-refractivity contribution is 5.76. The molecule has 0 radical (unpaired) electrons. The van der Waals surface area contributed by atoms with Crippen LogP contribution in [-0.2, 0) is 30.6 Å². The number of nitrogens with zero attached hydrogens (tertiary/aromatic N) is 4. The van der Waals surface area contributed by atoms with Crippen molar-refractivity contribution in [3.8, 4) is 0 Å². The highest BCUT2D eigenvalue weighted by Crippen LogP contribution is 2.29. The lowest BCUT2D eigenvalue weighted by Crippen LogP contribution is -2.36. The molecule has 1 saturated carbocycles. The zero-order chi connectivity index (χ0) is 18.5. The predicted octanol–water partition coefficient (Wildman–Crippen LogP) is 3.23. The highest BCUT2D eigenvalue weighted by Gasteiger charge is 2.25. The van der Waals surface area contributed by atoms with Gasteiger partial charge in [-0.25, -0.2) is 0 Å². The number of aromatic nitrogens is 4. The largest absolute Gasteiger partial charge is 0.338 e. The van der Waals surface area contributed by atoms with Crippen molar-refractivity contribution in [1.82, 2.24) is 25.1 Å². The molecule has 2 aromatic rings. The molecule has 1 aliphatic heterocycles. The van der Waals surface area contributed by atoms with Crippen molar-refractivity contribution < 1.29 is 4.79 Å². The Balaban J connectivity index is 1.33. The maximum absolute atomic E-state index is 12.7. The Morgan fingerprint density at radius 1 is 1.19 bits per heavy atom. The molecular formula is C21H29N5O. The van der Waals surface area contributed by atoms with Crippen LogP contribution in [0.25, 0.3) is 0 Å². The lowest BCUT2D eigenvalue weighted by atomic mass is 9.85. The van der Waals surface area contributed by atoms with Crippen molar-refractivity contribution in [2.75, 3.05) is 6.54 Å². The van der Waals surface area contributed by atoms with Crippen molar-refractivity contribution in [3.63, 3.8) is 0 Å². The maximum Gasteiger partial charge on any atom is 0.223 e. The summed E-state index contributed by atoms with van der Waals surface area (Å²) in [4.78, 5) is 23.0. The van der Waals surface area contributed by atoms with E-state index in [0.717, 1.165) is 31.0 Å². The van der Waals surface area contributed by atoms with Crippen molar-refractivity contribution in [1.29, 1.82) is 0 Å². The van der Waals surface area contributed by atoms with Crippen LogP contribution in [0.2, 0.25) is 0 Å². The van der Waals surface area contributed by atoms with Gasteiger partial charge in [-0.05, 0) is 25.2 Å². The Bertz CT molecular complexity index is 751. The third kappa shape index (κ3) is 4.54. The number of H-pyrrole nitrogens is 1. The average Bonchev–Trinajstić information content (AvgIpc) is 3.14. The van der Waals surface area contributed by atoms with Crippen molar-refractivity contribution >= 4 is 5.91 Å². The number of hydrogen-bond donors (Lipinski definition) is 1. The van der Waals surface area contributed by atoms with Crippen LogP contribution in [0, 0.1) is 5.92 Å². The number of nitrogens with one attached hydrogen (secondary N) is 1. The minimum atomic E-state index is 0.200. The lowest BCUT2D eigenvalue weighted by molar-refractivity contribution is -0.132. The fourth-order valence-corrected chi connectivity index (χ4v) is 4.44. The van der Waals surface area contributed by atoms with E-state index in [4.69, 9.17) is 0 Å². The Morgan fingerprint density at radius 3 is 2.89 bits per heavy atom. The zero-order valence-corrected chi connectivity index (χ0v) is 16.0. The monoisotopic (exact) mass is 367 g/mol.